The first-order valence-electron chi connectivity index (χ1n) is 10.1. The fourth-order valence-corrected chi connectivity index (χ4v) is 4.27. The van der Waals surface area contributed by atoms with Crippen molar-refractivity contribution in [3.8, 4) is 12.3 Å². The molecule has 0 spiro atoms. The highest BCUT2D eigenvalue weighted by Gasteiger charge is 2.39. The van der Waals surface area contributed by atoms with Gasteiger partial charge in [0.25, 0.3) is 0 Å². The topological polar surface area (TPSA) is 32.3 Å². The van der Waals surface area contributed by atoms with Crippen molar-refractivity contribution >= 4 is 17.3 Å². The fourth-order valence-electron chi connectivity index (χ4n) is 4.27. The number of hydrogen-bond acceptors (Lipinski definition) is 2. The lowest BCUT2D eigenvalue weighted by molar-refractivity contribution is -0.117. The molecule has 3 heteroatoms. The molecule has 0 radical (unpaired) electrons. The van der Waals surface area contributed by atoms with Crippen LogP contribution in [-0.2, 0) is 17.8 Å². The Kier molecular flexibility index (Phi) is 4.67. The third-order valence-electron chi connectivity index (χ3n) is 6.35. The van der Waals surface area contributed by atoms with Crippen molar-refractivity contribution in [2.24, 2.45) is 5.41 Å². The van der Waals surface area contributed by atoms with Gasteiger partial charge in [0, 0.05) is 36.4 Å². The van der Waals surface area contributed by atoms with Gasteiger partial charge in [-0.05, 0) is 85.0 Å². The third-order valence-corrected chi connectivity index (χ3v) is 6.35. The van der Waals surface area contributed by atoms with E-state index in [9.17, 15) is 4.79 Å². The second-order valence-corrected chi connectivity index (χ2v) is 8.73. The number of fused-ring (bicyclic) bond motifs is 1. The molecule has 1 amide bonds. The number of nitrogens with one attached hydrogen (secondary N) is 1. The van der Waals surface area contributed by atoms with Crippen LogP contribution in [0.5, 0.6) is 0 Å². The Morgan fingerprint density at radius 2 is 1.96 bits per heavy atom. The highest BCUT2D eigenvalue weighted by molar-refractivity contribution is 5.93. The van der Waals surface area contributed by atoms with Gasteiger partial charge in [-0.25, -0.2) is 0 Å². The largest absolute Gasteiger partial charge is 0.367 e. The Labute approximate surface area is 168 Å². The van der Waals surface area contributed by atoms with Gasteiger partial charge < -0.3 is 10.2 Å². The molecule has 2 aliphatic rings. The maximum atomic E-state index is 12.5. The van der Waals surface area contributed by atoms with E-state index in [0.717, 1.165) is 36.3 Å². The van der Waals surface area contributed by atoms with E-state index in [0.29, 0.717) is 6.42 Å². The summed E-state index contributed by atoms with van der Waals surface area (Å²) in [5.74, 6) is 2.82. The molecule has 1 saturated carbocycles. The summed E-state index contributed by atoms with van der Waals surface area (Å²) in [6, 6.07) is 10.5. The summed E-state index contributed by atoms with van der Waals surface area (Å²) in [5.41, 5.74) is 8.48. The van der Waals surface area contributed by atoms with Crippen LogP contribution in [0.15, 0.2) is 30.3 Å². The summed E-state index contributed by atoms with van der Waals surface area (Å²) >= 11 is 0. The van der Waals surface area contributed by atoms with Crippen LogP contribution >= 0.6 is 0 Å². The van der Waals surface area contributed by atoms with E-state index in [1.54, 1.807) is 0 Å². The maximum absolute atomic E-state index is 12.5. The van der Waals surface area contributed by atoms with Crippen LogP contribution in [0.2, 0.25) is 0 Å². The average molecular weight is 373 g/mol. The van der Waals surface area contributed by atoms with Crippen LogP contribution in [0.1, 0.15) is 54.0 Å². The van der Waals surface area contributed by atoms with Crippen molar-refractivity contribution in [3.05, 3.63) is 58.1 Å². The van der Waals surface area contributed by atoms with Crippen molar-refractivity contribution in [2.75, 3.05) is 16.8 Å². The van der Waals surface area contributed by atoms with Crippen LogP contribution in [0.25, 0.3) is 0 Å². The smallest absolute Gasteiger partial charge is 0.224 e. The third kappa shape index (κ3) is 3.64. The van der Waals surface area contributed by atoms with E-state index in [1.165, 1.54) is 35.2 Å². The molecule has 1 heterocycles. The minimum atomic E-state index is 0.150. The Balaban J connectivity index is 1.54. The molecular weight excluding hydrogens is 344 g/mol. The minimum Gasteiger partial charge on any atom is -0.367 e. The number of terminal acetylenes is 1. The molecular formula is C25H28N2O. The van der Waals surface area contributed by atoms with Gasteiger partial charge in [0.1, 0.15) is 0 Å². The van der Waals surface area contributed by atoms with Gasteiger partial charge in [-0.1, -0.05) is 18.9 Å². The summed E-state index contributed by atoms with van der Waals surface area (Å²) < 4.78 is 0. The first kappa shape index (κ1) is 18.6. The molecule has 0 saturated heterocycles. The zero-order valence-corrected chi connectivity index (χ0v) is 17.1. The van der Waals surface area contributed by atoms with E-state index in [-0.39, 0.29) is 11.3 Å². The van der Waals surface area contributed by atoms with Gasteiger partial charge in [-0.2, -0.15) is 0 Å². The molecule has 1 aliphatic carbocycles. The average Bonchev–Trinajstić information content (AvgIpc) is 3.41. The summed E-state index contributed by atoms with van der Waals surface area (Å²) in [6.07, 6.45) is 9.42. The number of benzene rings is 2. The molecule has 0 bridgehead atoms. The van der Waals surface area contributed by atoms with Gasteiger partial charge in [0.2, 0.25) is 5.91 Å². The number of aryl methyl sites for hydroxylation is 1. The van der Waals surface area contributed by atoms with Gasteiger partial charge in [-0.3, -0.25) is 4.79 Å². The Bertz CT molecular complexity index is 962. The van der Waals surface area contributed by atoms with E-state index in [2.05, 4.69) is 55.1 Å². The summed E-state index contributed by atoms with van der Waals surface area (Å²) in [5, 5.41) is 3.21. The lowest BCUT2D eigenvalue weighted by Gasteiger charge is -2.33. The predicted molar refractivity (Wildman–Crippen MR) is 116 cm³/mol. The van der Waals surface area contributed by atoms with E-state index >= 15 is 0 Å². The number of amides is 1. The fraction of sp³-hybridized carbons (Fsp3) is 0.400. The lowest BCUT2D eigenvalue weighted by Crippen LogP contribution is -2.31. The molecule has 1 aliphatic heterocycles. The lowest BCUT2D eigenvalue weighted by atomic mass is 9.91. The van der Waals surface area contributed by atoms with Crippen molar-refractivity contribution < 1.29 is 4.79 Å². The molecule has 2 aromatic carbocycles. The first-order valence-corrected chi connectivity index (χ1v) is 10.1. The quantitative estimate of drug-likeness (QED) is 0.768. The summed E-state index contributed by atoms with van der Waals surface area (Å²) in [6.45, 7) is 8.31. The number of carbonyl (C=O) groups is 1. The van der Waals surface area contributed by atoms with Crippen LogP contribution in [0, 0.1) is 31.6 Å². The number of rotatable bonds is 4. The molecule has 4 rings (SSSR count). The monoisotopic (exact) mass is 372 g/mol. The maximum Gasteiger partial charge on any atom is 0.224 e. The number of carbonyl (C=O) groups excluding carboxylic acids is 1. The van der Waals surface area contributed by atoms with Crippen molar-refractivity contribution in [1.29, 1.82) is 0 Å². The van der Waals surface area contributed by atoms with Gasteiger partial charge in [-0.15, -0.1) is 6.42 Å². The molecule has 1 N–H and O–H groups in total. The Hall–Kier alpha value is -2.73. The zero-order chi connectivity index (χ0) is 19.9. The molecule has 0 aromatic heterocycles. The second-order valence-electron chi connectivity index (χ2n) is 8.73. The molecule has 28 heavy (non-hydrogen) atoms. The molecule has 0 atom stereocenters. The molecule has 1 fully saturated rings. The van der Waals surface area contributed by atoms with Gasteiger partial charge >= 0.3 is 0 Å². The number of hydrogen-bond donors (Lipinski definition) is 1. The first-order chi connectivity index (χ1) is 13.4. The van der Waals surface area contributed by atoms with Crippen LogP contribution in [0.4, 0.5) is 11.4 Å². The van der Waals surface area contributed by atoms with E-state index < -0.39 is 0 Å². The minimum absolute atomic E-state index is 0.150. The highest BCUT2D eigenvalue weighted by Crippen LogP contribution is 2.48. The molecule has 3 nitrogen and oxygen atoms in total. The van der Waals surface area contributed by atoms with Crippen LogP contribution in [-0.4, -0.2) is 12.5 Å². The van der Waals surface area contributed by atoms with Crippen LogP contribution in [0.3, 0.4) is 0 Å². The summed E-state index contributed by atoms with van der Waals surface area (Å²) in [4.78, 5) is 14.9. The van der Waals surface area contributed by atoms with Crippen molar-refractivity contribution in [2.45, 2.75) is 53.0 Å². The zero-order valence-electron chi connectivity index (χ0n) is 17.1. The summed E-state index contributed by atoms with van der Waals surface area (Å²) in [7, 11) is 0. The van der Waals surface area contributed by atoms with Crippen molar-refractivity contribution in [1.82, 2.24) is 0 Å². The highest BCUT2D eigenvalue weighted by atomic mass is 16.1. The number of anilines is 2. The SMILES string of the molecule is C#Cc1ccc(N2CCc3c(cc(C)c(NC(=O)CC4(C)CC4)c3C)C2)cc1. The molecule has 0 unspecified atom stereocenters. The Morgan fingerprint density at radius 1 is 1.25 bits per heavy atom. The Morgan fingerprint density at radius 3 is 2.61 bits per heavy atom. The van der Waals surface area contributed by atoms with Gasteiger partial charge in [0.05, 0.1) is 0 Å². The van der Waals surface area contributed by atoms with E-state index in [1.807, 2.05) is 12.1 Å². The second kappa shape index (κ2) is 7.02. The van der Waals surface area contributed by atoms with Crippen LogP contribution < -0.4 is 10.2 Å². The molecule has 144 valence electrons. The van der Waals surface area contributed by atoms with E-state index in [4.69, 9.17) is 6.42 Å². The standard InChI is InChI=1S/C25H28N2O/c1-5-19-6-8-21(9-7-19)27-13-10-22-18(3)24(17(2)14-20(22)16-27)26-23(28)15-25(4)11-12-25/h1,6-9,14H,10-13,15-16H2,2-4H3,(H,26,28). The predicted octanol–water partition coefficient (Wildman–Crippen LogP) is 4.98. The van der Waals surface area contributed by atoms with Gasteiger partial charge in [0.15, 0.2) is 0 Å². The number of nitrogens with zero attached hydrogens (tertiary/aromatic N) is 1. The normalized spacial score (nSPS) is 16.9. The molecule has 2 aromatic rings. The van der Waals surface area contributed by atoms with Crippen molar-refractivity contribution in [3.63, 3.8) is 0 Å².